The van der Waals surface area contributed by atoms with Crippen LogP contribution in [0.4, 0.5) is 11.5 Å². The predicted octanol–water partition coefficient (Wildman–Crippen LogP) is 5.09. The molecule has 0 saturated heterocycles. The third-order valence-corrected chi connectivity index (χ3v) is 5.47. The number of amides is 1. The van der Waals surface area contributed by atoms with Gasteiger partial charge in [0.15, 0.2) is 11.4 Å². The molecular formula is C24H19ClN4O3. The second kappa shape index (κ2) is 7.76. The van der Waals surface area contributed by atoms with E-state index < -0.39 is 5.60 Å². The van der Waals surface area contributed by atoms with E-state index >= 15 is 0 Å². The van der Waals surface area contributed by atoms with Gasteiger partial charge in [0.05, 0.1) is 27.3 Å². The first-order valence-corrected chi connectivity index (χ1v) is 10.4. The monoisotopic (exact) mass is 446 g/mol. The van der Waals surface area contributed by atoms with E-state index in [1.807, 2.05) is 36.4 Å². The maximum atomic E-state index is 13.5. The molecule has 0 radical (unpaired) electrons. The van der Waals surface area contributed by atoms with Gasteiger partial charge in [-0.15, -0.1) is 0 Å². The van der Waals surface area contributed by atoms with Crippen molar-refractivity contribution in [2.75, 3.05) is 4.90 Å². The van der Waals surface area contributed by atoms with Crippen LogP contribution in [0.3, 0.4) is 0 Å². The van der Waals surface area contributed by atoms with Gasteiger partial charge in [0.1, 0.15) is 24.4 Å². The van der Waals surface area contributed by atoms with Gasteiger partial charge in [-0.05, 0) is 56.3 Å². The summed E-state index contributed by atoms with van der Waals surface area (Å²) in [6.07, 6.45) is 3.14. The smallest absolute Gasteiger partial charge is 0.276 e. The van der Waals surface area contributed by atoms with E-state index in [1.54, 1.807) is 38.2 Å². The number of nitrogens with zero attached hydrogens (tertiary/aromatic N) is 4. The molecule has 3 heterocycles. The van der Waals surface area contributed by atoms with E-state index in [9.17, 15) is 4.79 Å². The number of hydrogen-bond donors (Lipinski definition) is 0. The van der Waals surface area contributed by atoms with E-state index in [-0.39, 0.29) is 12.5 Å². The molecule has 0 N–H and O–H groups in total. The molecule has 7 nitrogen and oxygen atoms in total. The van der Waals surface area contributed by atoms with Crippen molar-refractivity contribution in [3.05, 3.63) is 77.8 Å². The first-order valence-electron chi connectivity index (χ1n) is 10.0. The van der Waals surface area contributed by atoms with Gasteiger partial charge in [-0.3, -0.25) is 14.7 Å². The molecule has 4 aromatic rings. The first kappa shape index (κ1) is 20.2. The summed E-state index contributed by atoms with van der Waals surface area (Å²) in [6.45, 7) is 3.74. The van der Waals surface area contributed by atoms with E-state index in [1.165, 1.54) is 11.2 Å². The Balaban J connectivity index is 1.56. The Morgan fingerprint density at radius 1 is 1.06 bits per heavy atom. The number of pyridine rings is 1. The van der Waals surface area contributed by atoms with E-state index in [4.69, 9.17) is 21.1 Å². The lowest BCUT2D eigenvalue weighted by Gasteiger charge is -2.29. The number of carbonyl (C=O) groups excluding carboxylic acids is 1. The summed E-state index contributed by atoms with van der Waals surface area (Å²) in [4.78, 5) is 28.1. The predicted molar refractivity (Wildman–Crippen MR) is 121 cm³/mol. The lowest BCUT2D eigenvalue weighted by atomic mass is 10.1. The Labute approximate surface area is 189 Å². The Kier molecular flexibility index (Phi) is 4.90. The summed E-state index contributed by atoms with van der Waals surface area (Å²) in [6, 6.07) is 16.3. The molecule has 0 aliphatic carbocycles. The third kappa shape index (κ3) is 3.50. The van der Waals surface area contributed by atoms with Crippen molar-refractivity contribution in [3.63, 3.8) is 0 Å². The quantitative estimate of drug-likeness (QED) is 0.434. The normalized spacial score (nSPS) is 14.7. The van der Waals surface area contributed by atoms with Gasteiger partial charge in [0.2, 0.25) is 0 Å². The summed E-state index contributed by atoms with van der Waals surface area (Å²) < 4.78 is 11.9. The number of halogens is 1. The average Bonchev–Trinajstić information content (AvgIpc) is 2.87. The fourth-order valence-corrected chi connectivity index (χ4v) is 3.85. The largest absolute Gasteiger partial charge is 0.486 e. The second-order valence-corrected chi connectivity index (χ2v) is 8.23. The lowest BCUT2D eigenvalue weighted by Crippen LogP contribution is -2.46. The minimum atomic E-state index is -1.13. The van der Waals surface area contributed by atoms with Crippen molar-refractivity contribution in [2.24, 2.45) is 0 Å². The summed E-state index contributed by atoms with van der Waals surface area (Å²) in [5.41, 5.74) is 0.896. The zero-order valence-corrected chi connectivity index (χ0v) is 18.2. The number of hydrogen-bond acceptors (Lipinski definition) is 6. The molecule has 2 aromatic heterocycles. The van der Waals surface area contributed by atoms with Crippen molar-refractivity contribution in [3.8, 4) is 11.5 Å². The fourth-order valence-electron chi connectivity index (χ4n) is 3.62. The van der Waals surface area contributed by atoms with Crippen molar-refractivity contribution < 1.29 is 14.3 Å². The van der Waals surface area contributed by atoms with Crippen LogP contribution in [0.25, 0.3) is 10.9 Å². The molecule has 1 aliphatic heterocycles. The van der Waals surface area contributed by atoms with Crippen molar-refractivity contribution in [1.82, 2.24) is 15.0 Å². The molecule has 5 rings (SSSR count). The average molecular weight is 447 g/mol. The molecule has 0 bridgehead atoms. The second-order valence-electron chi connectivity index (χ2n) is 7.82. The molecule has 8 heteroatoms. The zero-order chi connectivity index (χ0) is 22.3. The molecule has 1 aliphatic rings. The SMILES string of the molecule is CC1(C)Oc2cccc3ncnc(c23)N(c2ccc(OCc3ccccn3)c(Cl)c2)C1=O. The van der Waals surface area contributed by atoms with Gasteiger partial charge >= 0.3 is 0 Å². The number of ether oxygens (including phenoxy) is 2. The Hall–Kier alpha value is -3.71. The van der Waals surface area contributed by atoms with Crippen LogP contribution in [0.5, 0.6) is 11.5 Å². The molecule has 0 atom stereocenters. The molecule has 160 valence electrons. The number of benzene rings is 2. The molecule has 0 fully saturated rings. The van der Waals surface area contributed by atoms with Gasteiger partial charge in [-0.25, -0.2) is 9.97 Å². The summed E-state index contributed by atoms with van der Waals surface area (Å²) in [5, 5.41) is 1.04. The van der Waals surface area contributed by atoms with E-state index in [0.29, 0.717) is 38.9 Å². The number of aromatic nitrogens is 3. The van der Waals surface area contributed by atoms with Gasteiger partial charge in [0, 0.05) is 6.20 Å². The topological polar surface area (TPSA) is 77.4 Å². The van der Waals surface area contributed by atoms with Crippen molar-refractivity contribution in [1.29, 1.82) is 0 Å². The summed E-state index contributed by atoms with van der Waals surface area (Å²) >= 11 is 6.53. The summed E-state index contributed by atoms with van der Waals surface area (Å²) in [5.74, 6) is 1.22. The Morgan fingerprint density at radius 3 is 2.72 bits per heavy atom. The van der Waals surface area contributed by atoms with Crippen LogP contribution in [0, 0.1) is 0 Å². The Morgan fingerprint density at radius 2 is 1.94 bits per heavy atom. The van der Waals surface area contributed by atoms with Crippen molar-refractivity contribution >= 4 is 39.9 Å². The van der Waals surface area contributed by atoms with Gasteiger partial charge in [0.25, 0.3) is 5.91 Å². The molecule has 32 heavy (non-hydrogen) atoms. The standard InChI is InChI=1S/C24H19ClN4O3/c1-24(2)23(30)29(22-21-18(27-14-28-22)7-5-8-20(21)32-24)16-9-10-19(17(25)12-16)31-13-15-6-3-4-11-26-15/h3-12,14H,13H2,1-2H3. The number of anilines is 2. The van der Waals surface area contributed by atoms with E-state index in [2.05, 4.69) is 15.0 Å². The molecular weight excluding hydrogens is 428 g/mol. The molecule has 0 spiro atoms. The lowest BCUT2D eigenvalue weighted by molar-refractivity contribution is -0.130. The van der Waals surface area contributed by atoms with E-state index in [0.717, 1.165) is 5.69 Å². The molecule has 1 amide bonds. The van der Waals surface area contributed by atoms with Gasteiger partial charge in [-0.1, -0.05) is 23.7 Å². The molecule has 0 unspecified atom stereocenters. The Bertz CT molecular complexity index is 1320. The van der Waals surface area contributed by atoms with Crippen LogP contribution in [-0.2, 0) is 11.4 Å². The third-order valence-electron chi connectivity index (χ3n) is 5.18. The highest BCUT2D eigenvalue weighted by Crippen LogP contribution is 2.42. The highest BCUT2D eigenvalue weighted by molar-refractivity contribution is 6.32. The minimum Gasteiger partial charge on any atom is -0.486 e. The van der Waals surface area contributed by atoms with Crippen LogP contribution in [-0.4, -0.2) is 26.5 Å². The zero-order valence-electron chi connectivity index (χ0n) is 17.4. The maximum absolute atomic E-state index is 13.5. The number of carbonyl (C=O) groups is 1. The minimum absolute atomic E-state index is 0.271. The van der Waals surface area contributed by atoms with Crippen LogP contribution in [0.15, 0.2) is 67.1 Å². The highest BCUT2D eigenvalue weighted by atomic mass is 35.5. The fraction of sp³-hybridized carbons (Fsp3) is 0.167. The van der Waals surface area contributed by atoms with Crippen molar-refractivity contribution in [2.45, 2.75) is 26.1 Å². The van der Waals surface area contributed by atoms with Gasteiger partial charge in [-0.2, -0.15) is 0 Å². The van der Waals surface area contributed by atoms with Crippen LogP contribution in [0.1, 0.15) is 19.5 Å². The first-order chi connectivity index (χ1) is 15.4. The van der Waals surface area contributed by atoms with Crippen LogP contribution < -0.4 is 14.4 Å². The maximum Gasteiger partial charge on any atom is 0.276 e. The van der Waals surface area contributed by atoms with Crippen LogP contribution >= 0.6 is 11.6 Å². The summed E-state index contributed by atoms with van der Waals surface area (Å²) in [7, 11) is 0. The highest BCUT2D eigenvalue weighted by Gasteiger charge is 2.40. The number of rotatable bonds is 4. The van der Waals surface area contributed by atoms with Crippen LogP contribution in [0.2, 0.25) is 5.02 Å². The molecule has 0 saturated carbocycles. The molecule has 2 aromatic carbocycles. The van der Waals surface area contributed by atoms with Gasteiger partial charge < -0.3 is 9.47 Å².